The number of rotatable bonds is 6. The number of piperidine rings is 1. The summed E-state index contributed by atoms with van der Waals surface area (Å²) >= 11 is 6.41. The predicted octanol–water partition coefficient (Wildman–Crippen LogP) is 5.19. The Morgan fingerprint density at radius 2 is 1.94 bits per heavy atom. The third-order valence-electron chi connectivity index (χ3n) is 6.48. The fraction of sp³-hybridized carbons (Fsp3) is 0.308. The minimum absolute atomic E-state index is 0.324. The second-order valence-electron chi connectivity index (χ2n) is 9.16. The maximum absolute atomic E-state index is 13.1. The zero-order valence-corrected chi connectivity index (χ0v) is 20.2. The van der Waals surface area contributed by atoms with Gasteiger partial charge in [0.1, 0.15) is 13.7 Å². The van der Waals surface area contributed by atoms with Gasteiger partial charge in [0.25, 0.3) is 0 Å². The standard InChI is InChI=1S/C26H24BClF3N5/c27-21-14-33-36-24(12-23(34-25(21)36)20-8-1-2-9-22(20)28)32-13-18-6-4-10-35(16-18)15-17-5-3-7-19(11-17)26(29,30)31/h1-3,5,7-9,11-12,14,18,32H,4,6,10,13,15-16H2. The lowest BCUT2D eigenvalue weighted by Gasteiger charge is -2.33. The Hall–Kier alpha value is -3.04. The van der Waals surface area contributed by atoms with Gasteiger partial charge < -0.3 is 5.32 Å². The van der Waals surface area contributed by atoms with E-state index in [1.165, 1.54) is 12.1 Å². The van der Waals surface area contributed by atoms with Gasteiger partial charge in [-0.05, 0) is 48.5 Å². The first-order valence-electron chi connectivity index (χ1n) is 11.8. The Balaban J connectivity index is 1.30. The highest BCUT2D eigenvalue weighted by atomic mass is 35.5. The van der Waals surface area contributed by atoms with Crippen LogP contribution >= 0.6 is 11.6 Å². The summed E-state index contributed by atoms with van der Waals surface area (Å²) in [4.78, 5) is 6.88. The molecule has 2 aromatic heterocycles. The van der Waals surface area contributed by atoms with Gasteiger partial charge in [-0.15, -0.1) is 0 Å². The number of aromatic nitrogens is 3. The summed E-state index contributed by atoms with van der Waals surface area (Å²) in [5.74, 6) is 1.08. The van der Waals surface area contributed by atoms with E-state index < -0.39 is 11.7 Å². The largest absolute Gasteiger partial charge is 0.416 e. The highest BCUT2D eigenvalue weighted by molar-refractivity contribution is 6.36. The maximum atomic E-state index is 13.1. The second kappa shape index (κ2) is 10.1. The van der Waals surface area contributed by atoms with E-state index in [1.807, 2.05) is 30.3 Å². The van der Waals surface area contributed by atoms with Gasteiger partial charge in [-0.3, -0.25) is 4.90 Å². The number of fused-ring (bicyclic) bond motifs is 1. The molecule has 1 aliphatic heterocycles. The second-order valence-corrected chi connectivity index (χ2v) is 9.57. The van der Waals surface area contributed by atoms with Crippen LogP contribution in [0.3, 0.4) is 0 Å². The minimum Gasteiger partial charge on any atom is -0.370 e. The third kappa shape index (κ3) is 5.37. The first-order valence-corrected chi connectivity index (χ1v) is 12.2. The molecule has 0 spiro atoms. The number of benzene rings is 2. The molecule has 0 bridgehead atoms. The summed E-state index contributed by atoms with van der Waals surface area (Å²) in [5, 5.41) is 8.46. The van der Waals surface area contributed by atoms with E-state index in [-0.39, 0.29) is 0 Å². The topological polar surface area (TPSA) is 45.5 Å². The van der Waals surface area contributed by atoms with Gasteiger partial charge in [-0.2, -0.15) is 22.8 Å². The smallest absolute Gasteiger partial charge is 0.370 e. The van der Waals surface area contributed by atoms with Crippen LogP contribution in [0.25, 0.3) is 16.9 Å². The van der Waals surface area contributed by atoms with Crippen molar-refractivity contribution in [1.82, 2.24) is 19.5 Å². The molecule has 0 amide bonds. The van der Waals surface area contributed by atoms with Gasteiger partial charge in [0.15, 0.2) is 5.65 Å². The van der Waals surface area contributed by atoms with Crippen molar-refractivity contribution in [3.63, 3.8) is 0 Å². The molecule has 1 unspecified atom stereocenters. The van der Waals surface area contributed by atoms with E-state index in [1.54, 1.807) is 16.8 Å². The fourth-order valence-electron chi connectivity index (χ4n) is 4.73. The minimum atomic E-state index is -4.33. The van der Waals surface area contributed by atoms with Gasteiger partial charge in [0, 0.05) is 42.5 Å². The average Bonchev–Trinajstić information content (AvgIpc) is 3.23. The van der Waals surface area contributed by atoms with Crippen LogP contribution in [0.2, 0.25) is 5.02 Å². The Labute approximate surface area is 213 Å². The molecule has 2 aromatic carbocycles. The van der Waals surface area contributed by atoms with E-state index in [0.29, 0.717) is 46.4 Å². The van der Waals surface area contributed by atoms with E-state index in [9.17, 15) is 13.2 Å². The lowest BCUT2D eigenvalue weighted by molar-refractivity contribution is -0.137. The first-order chi connectivity index (χ1) is 17.3. The van der Waals surface area contributed by atoms with E-state index >= 15 is 0 Å². The summed E-state index contributed by atoms with van der Waals surface area (Å²) < 4.78 is 41.0. The van der Waals surface area contributed by atoms with Crippen LogP contribution in [0.1, 0.15) is 24.0 Å². The van der Waals surface area contributed by atoms with Crippen molar-refractivity contribution < 1.29 is 13.2 Å². The van der Waals surface area contributed by atoms with Crippen LogP contribution in [0.5, 0.6) is 0 Å². The van der Waals surface area contributed by atoms with E-state index in [4.69, 9.17) is 19.4 Å². The number of nitrogens with one attached hydrogen (secondary N) is 1. The number of hydrogen-bond donors (Lipinski definition) is 1. The Morgan fingerprint density at radius 3 is 2.75 bits per heavy atom. The quantitative estimate of drug-likeness (QED) is 0.364. The number of alkyl halides is 3. The number of nitrogens with zero attached hydrogens (tertiary/aromatic N) is 4. The summed E-state index contributed by atoms with van der Waals surface area (Å²) in [7, 11) is 6.11. The third-order valence-corrected chi connectivity index (χ3v) is 6.81. The predicted molar refractivity (Wildman–Crippen MR) is 137 cm³/mol. The normalized spacial score (nSPS) is 16.9. The van der Waals surface area contributed by atoms with Crippen molar-refractivity contribution in [1.29, 1.82) is 0 Å². The van der Waals surface area contributed by atoms with Gasteiger partial charge in [-0.25, -0.2) is 4.98 Å². The average molecular weight is 510 g/mol. The molecule has 1 atom stereocenters. The molecule has 0 aliphatic carbocycles. The van der Waals surface area contributed by atoms with Crippen molar-refractivity contribution in [3.05, 3.63) is 76.9 Å². The molecule has 4 aromatic rings. The highest BCUT2D eigenvalue weighted by Gasteiger charge is 2.30. The lowest BCUT2D eigenvalue weighted by Crippen LogP contribution is -2.37. The molecule has 184 valence electrons. The summed E-state index contributed by atoms with van der Waals surface area (Å²) in [6.45, 7) is 2.82. The van der Waals surface area contributed by atoms with Crippen LogP contribution in [0.15, 0.2) is 60.8 Å². The van der Waals surface area contributed by atoms with Gasteiger partial charge in [0.2, 0.25) is 0 Å². The van der Waals surface area contributed by atoms with Gasteiger partial charge in [0.05, 0.1) is 11.3 Å². The highest BCUT2D eigenvalue weighted by Crippen LogP contribution is 2.31. The molecule has 3 heterocycles. The molecular weight excluding hydrogens is 486 g/mol. The zero-order valence-electron chi connectivity index (χ0n) is 19.5. The Bertz CT molecular complexity index is 1370. The van der Waals surface area contributed by atoms with Crippen molar-refractivity contribution in [2.45, 2.75) is 25.6 Å². The molecule has 1 saturated heterocycles. The summed E-state index contributed by atoms with van der Waals surface area (Å²) in [6.07, 6.45) is -0.754. The van der Waals surface area contributed by atoms with Crippen molar-refractivity contribution in [2.75, 3.05) is 25.0 Å². The van der Waals surface area contributed by atoms with Crippen molar-refractivity contribution in [2.24, 2.45) is 5.92 Å². The Kier molecular flexibility index (Phi) is 6.95. The lowest BCUT2D eigenvalue weighted by atomic mass is 9.97. The van der Waals surface area contributed by atoms with Crippen LogP contribution in [-0.4, -0.2) is 47.0 Å². The number of halogens is 4. The molecule has 2 radical (unpaired) electrons. The van der Waals surface area contributed by atoms with Gasteiger partial charge >= 0.3 is 6.18 Å². The molecule has 5 rings (SSSR count). The molecular formula is C26H24BClF3N5. The Morgan fingerprint density at radius 1 is 1.11 bits per heavy atom. The molecule has 5 nitrogen and oxygen atoms in total. The maximum Gasteiger partial charge on any atom is 0.416 e. The van der Waals surface area contributed by atoms with Crippen LogP contribution < -0.4 is 10.8 Å². The fourth-order valence-corrected chi connectivity index (χ4v) is 4.96. The molecule has 1 aliphatic rings. The molecule has 1 N–H and O–H groups in total. The monoisotopic (exact) mass is 509 g/mol. The van der Waals surface area contributed by atoms with Crippen molar-refractivity contribution in [3.8, 4) is 11.3 Å². The van der Waals surface area contributed by atoms with Gasteiger partial charge in [-0.1, -0.05) is 48.0 Å². The number of likely N-dealkylation sites (tertiary alicyclic amines) is 1. The van der Waals surface area contributed by atoms with Crippen LogP contribution in [0, 0.1) is 5.92 Å². The van der Waals surface area contributed by atoms with Crippen molar-refractivity contribution >= 4 is 36.4 Å². The molecule has 10 heteroatoms. The first kappa shape index (κ1) is 24.7. The summed E-state index contributed by atoms with van der Waals surface area (Å²) in [6, 6.07) is 15.0. The number of anilines is 1. The SMILES string of the molecule is [B]c1cnn2c(NCC3CCCN(Cc4cccc(C(F)(F)F)c4)C3)cc(-c3ccccc3Cl)nc12. The van der Waals surface area contributed by atoms with Crippen LogP contribution in [-0.2, 0) is 12.7 Å². The molecule has 0 saturated carbocycles. The van der Waals surface area contributed by atoms with E-state index in [0.717, 1.165) is 43.4 Å². The summed E-state index contributed by atoms with van der Waals surface area (Å²) in [5.41, 5.74) is 2.57. The van der Waals surface area contributed by atoms with Crippen LogP contribution in [0.4, 0.5) is 19.0 Å². The molecule has 36 heavy (non-hydrogen) atoms. The molecule has 1 fully saturated rings. The number of hydrogen-bond acceptors (Lipinski definition) is 4. The van der Waals surface area contributed by atoms with E-state index in [2.05, 4.69) is 20.3 Å². The zero-order chi connectivity index (χ0) is 25.3.